The molecule has 2 aromatic carbocycles. The van der Waals surface area contributed by atoms with Crippen LogP contribution in [-0.2, 0) is 10.8 Å². The molecule has 1 heterocycles. The first kappa shape index (κ1) is 25.5. The van der Waals surface area contributed by atoms with E-state index in [1.807, 2.05) is 30.3 Å². The smallest absolute Gasteiger partial charge is 0.255 e. The monoisotopic (exact) mass is 491 g/mol. The number of ether oxygens (including phenoxy) is 1. The molecule has 1 saturated heterocycles. The molecule has 33 heavy (non-hydrogen) atoms. The van der Waals surface area contributed by atoms with Crippen LogP contribution in [-0.4, -0.2) is 54.1 Å². The average Bonchev–Trinajstić information content (AvgIpc) is 2.84. The molecule has 0 aliphatic carbocycles. The van der Waals surface area contributed by atoms with E-state index in [0.717, 1.165) is 62.4 Å². The van der Waals surface area contributed by atoms with E-state index in [1.165, 1.54) is 7.11 Å². The summed E-state index contributed by atoms with van der Waals surface area (Å²) in [5.74, 6) is 1.44. The summed E-state index contributed by atoms with van der Waals surface area (Å²) in [4.78, 5) is 16.0. The second kappa shape index (κ2) is 13.0. The summed E-state index contributed by atoms with van der Waals surface area (Å²) < 4.78 is 17.5. The van der Waals surface area contributed by atoms with Crippen LogP contribution < -0.4 is 15.8 Å². The number of unbranched alkanes of at least 4 members (excludes halogenated alkanes) is 2. The van der Waals surface area contributed by atoms with Gasteiger partial charge in [0.25, 0.3) is 5.91 Å². The molecule has 3 rings (SSSR count). The van der Waals surface area contributed by atoms with Crippen molar-refractivity contribution in [3.8, 4) is 5.75 Å². The highest BCUT2D eigenvalue weighted by Gasteiger charge is 2.21. The van der Waals surface area contributed by atoms with Crippen LogP contribution in [0.1, 0.15) is 42.5 Å². The Morgan fingerprint density at radius 3 is 2.61 bits per heavy atom. The molecule has 1 amide bonds. The first-order valence-electron chi connectivity index (χ1n) is 11.5. The lowest BCUT2D eigenvalue weighted by molar-refractivity contribution is 0.0933. The molecule has 1 unspecified atom stereocenters. The Kier molecular flexibility index (Phi) is 10.0. The maximum absolute atomic E-state index is 12.6. The minimum absolute atomic E-state index is 0.191. The summed E-state index contributed by atoms with van der Waals surface area (Å²) in [6, 6.07) is 12.8. The molecule has 0 radical (unpaired) electrons. The molecule has 1 atom stereocenters. The fourth-order valence-electron chi connectivity index (χ4n) is 4.10. The van der Waals surface area contributed by atoms with E-state index in [1.54, 1.807) is 12.1 Å². The Labute approximate surface area is 204 Å². The van der Waals surface area contributed by atoms with E-state index >= 15 is 0 Å². The van der Waals surface area contributed by atoms with Crippen LogP contribution >= 0.6 is 11.6 Å². The normalized spacial score (nSPS) is 15.8. The number of nitrogen functional groups attached to an aromatic ring is 1. The Bertz CT molecular complexity index is 934. The zero-order valence-electron chi connectivity index (χ0n) is 19.2. The second-order valence-electron chi connectivity index (χ2n) is 8.49. The number of rotatable bonds is 11. The topological polar surface area (TPSA) is 84.7 Å². The second-order valence-corrected chi connectivity index (χ2v) is 10.5. The van der Waals surface area contributed by atoms with Gasteiger partial charge in [-0.25, -0.2) is 0 Å². The van der Waals surface area contributed by atoms with Crippen LogP contribution in [0.2, 0.25) is 5.02 Å². The predicted octanol–water partition coefficient (Wildman–Crippen LogP) is 4.35. The van der Waals surface area contributed by atoms with Crippen LogP contribution in [0.15, 0.2) is 47.4 Å². The number of anilines is 1. The summed E-state index contributed by atoms with van der Waals surface area (Å²) in [5, 5.41) is 3.37. The van der Waals surface area contributed by atoms with Gasteiger partial charge in [0.1, 0.15) is 5.75 Å². The third kappa shape index (κ3) is 7.73. The Hall–Kier alpha value is -2.09. The summed E-state index contributed by atoms with van der Waals surface area (Å²) in [5.41, 5.74) is 6.59. The number of likely N-dealkylation sites (tertiary alicyclic amines) is 1. The van der Waals surface area contributed by atoms with Gasteiger partial charge in [0.05, 0.1) is 34.2 Å². The number of nitrogens with one attached hydrogen (secondary N) is 1. The number of carbonyl (C=O) groups is 1. The molecule has 0 spiro atoms. The molecular formula is C25H34ClN3O3S. The number of hydrogen-bond donors (Lipinski definition) is 2. The van der Waals surface area contributed by atoms with Crippen molar-refractivity contribution in [2.75, 3.05) is 44.8 Å². The first-order chi connectivity index (χ1) is 16.0. The van der Waals surface area contributed by atoms with E-state index in [2.05, 4.69) is 10.2 Å². The third-order valence-electron chi connectivity index (χ3n) is 6.13. The minimum Gasteiger partial charge on any atom is -0.496 e. The Morgan fingerprint density at radius 2 is 1.91 bits per heavy atom. The van der Waals surface area contributed by atoms with Crippen molar-refractivity contribution in [1.29, 1.82) is 0 Å². The molecule has 6 nitrogen and oxygen atoms in total. The number of benzene rings is 2. The van der Waals surface area contributed by atoms with Gasteiger partial charge in [-0.15, -0.1) is 0 Å². The summed E-state index contributed by atoms with van der Waals surface area (Å²) >= 11 is 6.08. The zero-order chi connectivity index (χ0) is 23.6. The van der Waals surface area contributed by atoms with Crippen molar-refractivity contribution >= 4 is 34.0 Å². The van der Waals surface area contributed by atoms with Gasteiger partial charge in [-0.05, 0) is 69.4 Å². The lowest BCUT2D eigenvalue weighted by Gasteiger charge is -2.32. The number of piperidine rings is 1. The predicted molar refractivity (Wildman–Crippen MR) is 135 cm³/mol. The summed E-state index contributed by atoms with van der Waals surface area (Å²) in [6.07, 6.45) is 5.35. The van der Waals surface area contributed by atoms with E-state index in [-0.39, 0.29) is 5.91 Å². The molecular weight excluding hydrogens is 458 g/mol. The SMILES string of the molecule is COc1cc(N)c(Cl)cc1C(=O)NCC1CCN(CCCCCS(=O)c2ccccc2)CC1. The maximum atomic E-state index is 12.6. The van der Waals surface area contributed by atoms with Crippen LogP contribution in [0.25, 0.3) is 0 Å². The van der Waals surface area contributed by atoms with Gasteiger partial charge in [-0.1, -0.05) is 36.2 Å². The first-order valence-corrected chi connectivity index (χ1v) is 13.2. The van der Waals surface area contributed by atoms with Crippen LogP contribution in [0, 0.1) is 5.92 Å². The number of hydrogen-bond acceptors (Lipinski definition) is 5. The van der Waals surface area contributed by atoms with Gasteiger partial charge >= 0.3 is 0 Å². The Balaban J connectivity index is 1.31. The van der Waals surface area contributed by atoms with Crippen molar-refractivity contribution in [2.45, 2.75) is 37.0 Å². The van der Waals surface area contributed by atoms with Crippen molar-refractivity contribution in [2.24, 2.45) is 5.92 Å². The highest BCUT2D eigenvalue weighted by atomic mass is 35.5. The van der Waals surface area contributed by atoms with Crippen LogP contribution in [0.4, 0.5) is 5.69 Å². The lowest BCUT2D eigenvalue weighted by Crippen LogP contribution is -2.39. The number of carbonyl (C=O) groups excluding carboxylic acids is 1. The fraction of sp³-hybridized carbons (Fsp3) is 0.480. The van der Waals surface area contributed by atoms with E-state index < -0.39 is 10.8 Å². The van der Waals surface area contributed by atoms with Gasteiger partial charge in [-0.3, -0.25) is 9.00 Å². The summed E-state index contributed by atoms with van der Waals surface area (Å²) in [6.45, 7) is 3.82. The number of amides is 1. The Morgan fingerprint density at radius 1 is 1.18 bits per heavy atom. The van der Waals surface area contributed by atoms with Gasteiger partial charge < -0.3 is 20.7 Å². The molecule has 0 saturated carbocycles. The van der Waals surface area contributed by atoms with Gasteiger partial charge in [0.15, 0.2) is 0 Å². The third-order valence-corrected chi connectivity index (χ3v) is 7.92. The van der Waals surface area contributed by atoms with Crippen LogP contribution in [0.3, 0.4) is 0 Å². The highest BCUT2D eigenvalue weighted by Crippen LogP contribution is 2.29. The minimum atomic E-state index is -0.891. The molecule has 1 aliphatic rings. The molecule has 2 aromatic rings. The number of methoxy groups -OCH3 is 1. The molecule has 1 aliphatic heterocycles. The van der Waals surface area contributed by atoms with Crippen molar-refractivity contribution in [3.05, 3.63) is 53.1 Å². The number of halogens is 1. The standard InChI is InChI=1S/C25H34ClN3O3S/c1-32-24-17-23(27)22(26)16-21(24)25(30)28-18-19-10-13-29(14-11-19)12-6-3-7-15-33(31)20-8-4-2-5-9-20/h2,4-5,8-9,16-17,19H,3,6-7,10-15,18,27H2,1H3,(H,28,30). The van der Waals surface area contributed by atoms with E-state index in [4.69, 9.17) is 22.1 Å². The van der Waals surface area contributed by atoms with Crippen molar-refractivity contribution in [1.82, 2.24) is 10.2 Å². The summed E-state index contributed by atoms with van der Waals surface area (Å²) in [7, 11) is 0.621. The van der Waals surface area contributed by atoms with Gasteiger partial charge in [-0.2, -0.15) is 0 Å². The van der Waals surface area contributed by atoms with Gasteiger partial charge in [0.2, 0.25) is 0 Å². The molecule has 1 fully saturated rings. The zero-order valence-corrected chi connectivity index (χ0v) is 20.8. The fourth-order valence-corrected chi connectivity index (χ4v) is 5.42. The van der Waals surface area contributed by atoms with E-state index in [9.17, 15) is 9.00 Å². The molecule has 3 N–H and O–H groups in total. The van der Waals surface area contributed by atoms with Crippen LogP contribution in [0.5, 0.6) is 5.75 Å². The van der Waals surface area contributed by atoms with Crippen molar-refractivity contribution < 1.29 is 13.7 Å². The van der Waals surface area contributed by atoms with Crippen molar-refractivity contribution in [3.63, 3.8) is 0 Å². The average molecular weight is 492 g/mol. The quantitative estimate of drug-likeness (QED) is 0.360. The molecule has 0 bridgehead atoms. The van der Waals surface area contributed by atoms with E-state index in [0.29, 0.717) is 34.5 Å². The largest absolute Gasteiger partial charge is 0.496 e. The molecule has 180 valence electrons. The number of nitrogens with zero attached hydrogens (tertiary/aromatic N) is 1. The highest BCUT2D eigenvalue weighted by molar-refractivity contribution is 7.85. The molecule has 0 aromatic heterocycles. The maximum Gasteiger partial charge on any atom is 0.255 e. The number of nitrogens with two attached hydrogens (primary N) is 1. The lowest BCUT2D eigenvalue weighted by atomic mass is 9.96. The van der Waals surface area contributed by atoms with Gasteiger partial charge in [0, 0.05) is 23.3 Å². The molecule has 8 heteroatoms.